The minimum Gasteiger partial charge on any atom is -0.465 e. The number of halogens is 2. The number of nitrogens with zero attached hydrogens (tertiary/aromatic N) is 4. The summed E-state index contributed by atoms with van der Waals surface area (Å²) in [6.45, 7) is 5.36. The molecule has 0 aliphatic heterocycles. The SMILES string of the molecule is CC(C)(C)N(C(=O)O)c1cn(-c2cncc(Br)c2)nc1Cl. The Kier molecular flexibility index (Phi) is 4.25. The fourth-order valence-electron chi connectivity index (χ4n) is 1.90. The van der Waals surface area contributed by atoms with Gasteiger partial charge in [0.25, 0.3) is 0 Å². The Morgan fingerprint density at radius 3 is 2.62 bits per heavy atom. The van der Waals surface area contributed by atoms with E-state index in [2.05, 4.69) is 26.0 Å². The van der Waals surface area contributed by atoms with Gasteiger partial charge in [-0.05, 0) is 42.8 Å². The van der Waals surface area contributed by atoms with Gasteiger partial charge in [0.15, 0.2) is 5.15 Å². The Bertz CT molecular complexity index is 681. The van der Waals surface area contributed by atoms with E-state index in [1.54, 1.807) is 39.4 Å². The zero-order valence-corrected chi connectivity index (χ0v) is 14.1. The monoisotopic (exact) mass is 372 g/mol. The molecular weight excluding hydrogens is 360 g/mol. The van der Waals surface area contributed by atoms with Crippen molar-refractivity contribution in [3.63, 3.8) is 0 Å². The molecule has 1 amide bonds. The Morgan fingerprint density at radius 1 is 1.43 bits per heavy atom. The first-order valence-corrected chi connectivity index (χ1v) is 7.26. The molecule has 112 valence electrons. The molecule has 0 spiro atoms. The summed E-state index contributed by atoms with van der Waals surface area (Å²) in [6, 6.07) is 1.81. The Labute approximate surface area is 135 Å². The highest BCUT2D eigenvalue weighted by atomic mass is 79.9. The highest BCUT2D eigenvalue weighted by molar-refractivity contribution is 9.10. The molecular formula is C13H14BrClN4O2. The second kappa shape index (κ2) is 5.65. The maximum Gasteiger partial charge on any atom is 0.412 e. The minimum absolute atomic E-state index is 0.118. The van der Waals surface area contributed by atoms with Crippen molar-refractivity contribution < 1.29 is 9.90 Å². The molecule has 0 atom stereocenters. The van der Waals surface area contributed by atoms with E-state index in [0.29, 0.717) is 11.4 Å². The summed E-state index contributed by atoms with van der Waals surface area (Å²) in [5, 5.41) is 13.7. The van der Waals surface area contributed by atoms with Crippen LogP contribution in [0.25, 0.3) is 5.69 Å². The second-order valence-corrected chi connectivity index (χ2v) is 6.67. The summed E-state index contributed by atoms with van der Waals surface area (Å²) < 4.78 is 2.29. The molecule has 2 rings (SSSR count). The normalized spacial score (nSPS) is 11.5. The van der Waals surface area contributed by atoms with Gasteiger partial charge in [-0.3, -0.25) is 9.88 Å². The Morgan fingerprint density at radius 2 is 2.10 bits per heavy atom. The lowest BCUT2D eigenvalue weighted by Crippen LogP contribution is -2.45. The van der Waals surface area contributed by atoms with Crippen LogP contribution in [0, 0.1) is 0 Å². The molecule has 0 aromatic carbocycles. The molecule has 0 unspecified atom stereocenters. The fraction of sp³-hybridized carbons (Fsp3) is 0.308. The van der Waals surface area contributed by atoms with E-state index in [1.807, 2.05) is 6.07 Å². The smallest absolute Gasteiger partial charge is 0.412 e. The zero-order chi connectivity index (χ0) is 15.8. The van der Waals surface area contributed by atoms with Crippen LogP contribution in [-0.4, -0.2) is 31.5 Å². The topological polar surface area (TPSA) is 71.2 Å². The van der Waals surface area contributed by atoms with Gasteiger partial charge < -0.3 is 5.11 Å². The molecule has 21 heavy (non-hydrogen) atoms. The quantitative estimate of drug-likeness (QED) is 0.864. The summed E-state index contributed by atoms with van der Waals surface area (Å²) in [7, 11) is 0. The van der Waals surface area contributed by atoms with E-state index in [9.17, 15) is 9.90 Å². The number of carboxylic acid groups (broad SMARTS) is 1. The van der Waals surface area contributed by atoms with Crippen LogP contribution in [0.15, 0.2) is 29.1 Å². The first kappa shape index (κ1) is 15.8. The van der Waals surface area contributed by atoms with E-state index in [-0.39, 0.29) is 5.15 Å². The van der Waals surface area contributed by atoms with Gasteiger partial charge in [0, 0.05) is 16.2 Å². The summed E-state index contributed by atoms with van der Waals surface area (Å²) in [5.41, 5.74) is 0.368. The molecule has 8 heteroatoms. The van der Waals surface area contributed by atoms with E-state index in [4.69, 9.17) is 11.6 Å². The van der Waals surface area contributed by atoms with Crippen molar-refractivity contribution in [2.24, 2.45) is 0 Å². The number of aromatic nitrogens is 3. The van der Waals surface area contributed by atoms with Crippen LogP contribution in [0.5, 0.6) is 0 Å². The molecule has 2 heterocycles. The fourth-order valence-corrected chi connectivity index (χ4v) is 2.47. The summed E-state index contributed by atoms with van der Waals surface area (Å²) >= 11 is 9.44. The summed E-state index contributed by atoms with van der Waals surface area (Å²) in [5.74, 6) is 0. The molecule has 1 N–H and O–H groups in total. The van der Waals surface area contributed by atoms with Crippen LogP contribution in [0.2, 0.25) is 5.15 Å². The molecule has 0 saturated heterocycles. The molecule has 0 aliphatic rings. The van der Waals surface area contributed by atoms with Gasteiger partial charge in [-0.15, -0.1) is 0 Å². The van der Waals surface area contributed by atoms with Gasteiger partial charge in [-0.2, -0.15) is 5.10 Å². The lowest BCUT2D eigenvalue weighted by atomic mass is 10.1. The third kappa shape index (κ3) is 3.36. The number of amides is 1. The minimum atomic E-state index is -1.09. The van der Waals surface area contributed by atoms with Crippen LogP contribution in [0.3, 0.4) is 0 Å². The number of hydrogen-bond acceptors (Lipinski definition) is 3. The van der Waals surface area contributed by atoms with Crippen molar-refractivity contribution in [3.8, 4) is 5.69 Å². The van der Waals surface area contributed by atoms with E-state index in [1.165, 1.54) is 9.58 Å². The first-order chi connectivity index (χ1) is 9.70. The summed E-state index contributed by atoms with van der Waals surface area (Å²) in [4.78, 5) is 16.7. The van der Waals surface area contributed by atoms with Crippen molar-refractivity contribution in [1.29, 1.82) is 0 Å². The summed E-state index contributed by atoms with van der Waals surface area (Å²) in [6.07, 6.45) is 3.75. The van der Waals surface area contributed by atoms with Crippen molar-refractivity contribution in [2.45, 2.75) is 26.3 Å². The predicted octanol–water partition coefficient (Wildman–Crippen LogP) is 3.97. The third-order valence-corrected chi connectivity index (χ3v) is 3.41. The van der Waals surface area contributed by atoms with Gasteiger partial charge >= 0.3 is 6.09 Å². The molecule has 2 aromatic rings. The standard InChI is InChI=1S/C13H14BrClN4O2/c1-13(2,3)19(12(20)21)10-7-18(17-11(10)15)9-4-8(14)5-16-6-9/h4-7H,1-3H3,(H,20,21). The van der Waals surface area contributed by atoms with Crippen LogP contribution in [-0.2, 0) is 0 Å². The number of rotatable bonds is 2. The maximum atomic E-state index is 11.5. The highest BCUT2D eigenvalue weighted by Crippen LogP contribution is 2.31. The average molecular weight is 374 g/mol. The molecule has 0 aliphatic carbocycles. The van der Waals surface area contributed by atoms with Crippen molar-refractivity contribution in [2.75, 3.05) is 4.90 Å². The molecule has 0 fully saturated rings. The molecule has 0 saturated carbocycles. The Balaban J connectivity index is 2.50. The van der Waals surface area contributed by atoms with Gasteiger partial charge in [-0.25, -0.2) is 9.48 Å². The zero-order valence-electron chi connectivity index (χ0n) is 11.7. The number of carbonyl (C=O) groups is 1. The van der Waals surface area contributed by atoms with Gasteiger partial charge in [-0.1, -0.05) is 11.6 Å². The lowest BCUT2D eigenvalue weighted by molar-refractivity contribution is 0.195. The Hall–Kier alpha value is -1.60. The van der Waals surface area contributed by atoms with Crippen molar-refractivity contribution >= 4 is 39.3 Å². The molecule has 6 nitrogen and oxygen atoms in total. The average Bonchev–Trinajstić information content (AvgIpc) is 2.69. The molecule has 2 aromatic heterocycles. The highest BCUT2D eigenvalue weighted by Gasteiger charge is 2.31. The number of pyridine rings is 1. The third-order valence-electron chi connectivity index (χ3n) is 2.71. The number of hydrogen-bond donors (Lipinski definition) is 1. The second-order valence-electron chi connectivity index (χ2n) is 5.40. The van der Waals surface area contributed by atoms with Crippen molar-refractivity contribution in [1.82, 2.24) is 14.8 Å². The van der Waals surface area contributed by atoms with Gasteiger partial charge in [0.05, 0.1) is 18.1 Å². The lowest BCUT2D eigenvalue weighted by Gasteiger charge is -2.32. The largest absolute Gasteiger partial charge is 0.465 e. The van der Waals surface area contributed by atoms with Crippen LogP contribution >= 0.6 is 27.5 Å². The first-order valence-electron chi connectivity index (χ1n) is 6.09. The maximum absolute atomic E-state index is 11.5. The van der Waals surface area contributed by atoms with Crippen molar-refractivity contribution in [3.05, 3.63) is 34.3 Å². The molecule has 0 radical (unpaired) electrons. The number of anilines is 1. The van der Waals surface area contributed by atoms with Crippen LogP contribution in [0.4, 0.5) is 10.5 Å². The van der Waals surface area contributed by atoms with E-state index < -0.39 is 11.6 Å². The molecule has 0 bridgehead atoms. The van der Waals surface area contributed by atoms with Crippen LogP contribution < -0.4 is 4.90 Å². The predicted molar refractivity (Wildman–Crippen MR) is 84.3 cm³/mol. The van der Waals surface area contributed by atoms with Crippen LogP contribution in [0.1, 0.15) is 20.8 Å². The van der Waals surface area contributed by atoms with E-state index >= 15 is 0 Å². The van der Waals surface area contributed by atoms with E-state index in [0.717, 1.165) is 4.47 Å². The van der Waals surface area contributed by atoms with Gasteiger partial charge in [0.1, 0.15) is 5.69 Å². The van der Waals surface area contributed by atoms with Gasteiger partial charge in [0.2, 0.25) is 0 Å².